The fourth-order valence-corrected chi connectivity index (χ4v) is 2.20. The topological polar surface area (TPSA) is 18.5 Å². The zero-order valence-corrected chi connectivity index (χ0v) is 9.08. The summed E-state index contributed by atoms with van der Waals surface area (Å²) in [5, 5.41) is 3.49. The molecular weight excluding hydrogens is 174 g/mol. The van der Waals surface area contributed by atoms with Crippen LogP contribution >= 0.6 is 0 Å². The molecule has 1 saturated heterocycles. The molecule has 2 aliphatic rings. The largest absolute Gasteiger partial charge is 0.376 e. The molecule has 3 nitrogen and oxygen atoms in total. The van der Waals surface area contributed by atoms with Crippen LogP contribution in [0.5, 0.6) is 0 Å². The van der Waals surface area contributed by atoms with Gasteiger partial charge in [0.25, 0.3) is 0 Å². The van der Waals surface area contributed by atoms with E-state index in [0.29, 0.717) is 6.17 Å². The van der Waals surface area contributed by atoms with Crippen molar-refractivity contribution in [3.63, 3.8) is 0 Å². The first-order valence-corrected chi connectivity index (χ1v) is 5.70. The molecule has 0 saturated carbocycles. The van der Waals surface area contributed by atoms with Gasteiger partial charge in [-0.15, -0.1) is 0 Å². The Morgan fingerprint density at radius 1 is 1.21 bits per heavy atom. The second-order valence-electron chi connectivity index (χ2n) is 4.35. The van der Waals surface area contributed by atoms with Gasteiger partial charge in [0.05, 0.1) is 6.17 Å². The van der Waals surface area contributed by atoms with Gasteiger partial charge in [0.15, 0.2) is 0 Å². The predicted molar refractivity (Wildman–Crippen MR) is 59.0 cm³/mol. The van der Waals surface area contributed by atoms with E-state index in [4.69, 9.17) is 0 Å². The maximum Gasteiger partial charge on any atom is 0.0789 e. The minimum Gasteiger partial charge on any atom is -0.376 e. The molecule has 2 rings (SSSR count). The molecule has 2 aliphatic heterocycles. The molecule has 0 radical (unpaired) electrons. The average Bonchev–Trinajstić information content (AvgIpc) is 2.47. The molecule has 0 amide bonds. The van der Waals surface area contributed by atoms with Crippen LogP contribution in [0.2, 0.25) is 0 Å². The molecule has 0 aromatic carbocycles. The van der Waals surface area contributed by atoms with Gasteiger partial charge >= 0.3 is 0 Å². The number of hydrogen-bond acceptors (Lipinski definition) is 3. The van der Waals surface area contributed by atoms with E-state index >= 15 is 0 Å². The number of hydrogen-bond donors (Lipinski definition) is 1. The Balaban J connectivity index is 1.84. The van der Waals surface area contributed by atoms with E-state index in [2.05, 4.69) is 34.4 Å². The average molecular weight is 195 g/mol. The highest BCUT2D eigenvalue weighted by Crippen LogP contribution is 2.12. The normalized spacial score (nSPS) is 31.1. The van der Waals surface area contributed by atoms with Crippen molar-refractivity contribution >= 4 is 0 Å². The van der Waals surface area contributed by atoms with Crippen molar-refractivity contribution in [1.82, 2.24) is 15.1 Å². The predicted octanol–water partition coefficient (Wildman–Crippen LogP) is 0.847. The first kappa shape index (κ1) is 9.99. The van der Waals surface area contributed by atoms with Crippen molar-refractivity contribution in [1.29, 1.82) is 0 Å². The van der Waals surface area contributed by atoms with E-state index in [-0.39, 0.29) is 0 Å². The van der Waals surface area contributed by atoms with E-state index in [1.807, 2.05) is 0 Å². The highest BCUT2D eigenvalue weighted by molar-refractivity contribution is 4.88. The third-order valence-corrected chi connectivity index (χ3v) is 3.23. The maximum absolute atomic E-state index is 3.49. The fourth-order valence-electron chi connectivity index (χ4n) is 2.20. The lowest BCUT2D eigenvalue weighted by atomic mass is 10.2. The molecule has 0 aromatic heterocycles. The Kier molecular flexibility index (Phi) is 3.43. The zero-order chi connectivity index (χ0) is 9.80. The number of nitrogens with zero attached hydrogens (tertiary/aromatic N) is 2. The number of allylic oxidation sites excluding steroid dienone is 1. The lowest BCUT2D eigenvalue weighted by Gasteiger charge is -2.37. The minimum absolute atomic E-state index is 0.586. The van der Waals surface area contributed by atoms with Crippen LogP contribution in [0.15, 0.2) is 12.3 Å². The fraction of sp³-hybridized carbons (Fsp3) is 0.818. The van der Waals surface area contributed by atoms with Gasteiger partial charge in [0, 0.05) is 26.2 Å². The van der Waals surface area contributed by atoms with E-state index in [1.165, 1.54) is 45.4 Å². The van der Waals surface area contributed by atoms with E-state index in [9.17, 15) is 0 Å². The Hall–Kier alpha value is -0.540. The molecule has 2 heterocycles. The molecular formula is C11H21N3. The summed E-state index contributed by atoms with van der Waals surface area (Å²) in [6.45, 7) is 4.84. The number of likely N-dealkylation sites (N-methyl/N-ethyl adjacent to an activating group) is 1. The summed E-state index contributed by atoms with van der Waals surface area (Å²) in [6, 6.07) is 0. The molecule has 3 heteroatoms. The summed E-state index contributed by atoms with van der Waals surface area (Å²) in [4.78, 5) is 4.98. The second-order valence-corrected chi connectivity index (χ2v) is 4.35. The Morgan fingerprint density at radius 2 is 2.00 bits per heavy atom. The lowest BCUT2D eigenvalue weighted by Crippen LogP contribution is -2.52. The van der Waals surface area contributed by atoms with Gasteiger partial charge in [0.2, 0.25) is 0 Å². The summed E-state index contributed by atoms with van der Waals surface area (Å²) in [6.07, 6.45) is 8.81. The minimum atomic E-state index is 0.586. The maximum atomic E-state index is 3.49. The Bertz CT molecular complexity index is 195. The first-order valence-electron chi connectivity index (χ1n) is 5.70. The molecule has 1 N–H and O–H groups in total. The summed E-state index contributed by atoms with van der Waals surface area (Å²) >= 11 is 0. The molecule has 1 unspecified atom stereocenters. The summed E-state index contributed by atoms with van der Waals surface area (Å²) in [5.41, 5.74) is 0. The molecule has 0 aliphatic carbocycles. The van der Waals surface area contributed by atoms with Crippen molar-refractivity contribution in [3.8, 4) is 0 Å². The van der Waals surface area contributed by atoms with Crippen LogP contribution in [0.4, 0.5) is 0 Å². The van der Waals surface area contributed by atoms with Crippen LogP contribution in [0.1, 0.15) is 19.3 Å². The van der Waals surface area contributed by atoms with Crippen LogP contribution in [0.3, 0.4) is 0 Å². The van der Waals surface area contributed by atoms with Crippen LogP contribution in [0.25, 0.3) is 0 Å². The number of piperazine rings is 1. The molecule has 0 aromatic rings. The monoisotopic (exact) mass is 195 g/mol. The van der Waals surface area contributed by atoms with Crippen molar-refractivity contribution in [2.24, 2.45) is 0 Å². The van der Waals surface area contributed by atoms with E-state index < -0.39 is 0 Å². The zero-order valence-electron chi connectivity index (χ0n) is 9.08. The molecule has 14 heavy (non-hydrogen) atoms. The van der Waals surface area contributed by atoms with Gasteiger partial charge in [-0.1, -0.05) is 6.08 Å². The SMILES string of the molecule is CN1CCN(C2CCCC=CN2)CC1. The molecule has 80 valence electrons. The van der Waals surface area contributed by atoms with E-state index in [1.54, 1.807) is 0 Å². The third kappa shape index (κ3) is 2.49. The van der Waals surface area contributed by atoms with Gasteiger partial charge in [-0.3, -0.25) is 4.90 Å². The summed E-state index contributed by atoms with van der Waals surface area (Å²) in [5.74, 6) is 0. The summed E-state index contributed by atoms with van der Waals surface area (Å²) < 4.78 is 0. The van der Waals surface area contributed by atoms with Crippen LogP contribution in [0, 0.1) is 0 Å². The van der Waals surface area contributed by atoms with Crippen molar-refractivity contribution in [2.75, 3.05) is 33.2 Å². The molecule has 1 fully saturated rings. The quantitative estimate of drug-likeness (QED) is 0.669. The smallest absolute Gasteiger partial charge is 0.0789 e. The van der Waals surface area contributed by atoms with Crippen LogP contribution < -0.4 is 5.32 Å². The summed E-state index contributed by atoms with van der Waals surface area (Å²) in [7, 11) is 2.21. The third-order valence-electron chi connectivity index (χ3n) is 3.23. The standard InChI is InChI=1S/C11H21N3/c1-13-7-9-14(10-8-13)11-5-3-2-4-6-12-11/h4,6,11-12H,2-3,5,7-10H2,1H3. The highest BCUT2D eigenvalue weighted by Gasteiger charge is 2.21. The van der Waals surface area contributed by atoms with Crippen LogP contribution in [-0.2, 0) is 0 Å². The van der Waals surface area contributed by atoms with Gasteiger partial charge in [-0.25, -0.2) is 0 Å². The van der Waals surface area contributed by atoms with E-state index in [0.717, 1.165) is 0 Å². The second kappa shape index (κ2) is 4.80. The van der Waals surface area contributed by atoms with Crippen LogP contribution in [-0.4, -0.2) is 49.2 Å². The van der Waals surface area contributed by atoms with Gasteiger partial charge in [0.1, 0.15) is 0 Å². The molecule has 0 bridgehead atoms. The van der Waals surface area contributed by atoms with Gasteiger partial charge in [-0.2, -0.15) is 0 Å². The number of nitrogens with one attached hydrogen (secondary N) is 1. The van der Waals surface area contributed by atoms with Crippen molar-refractivity contribution in [3.05, 3.63) is 12.3 Å². The van der Waals surface area contributed by atoms with Gasteiger partial charge in [-0.05, 0) is 32.5 Å². The first-order chi connectivity index (χ1) is 6.86. The van der Waals surface area contributed by atoms with Crippen molar-refractivity contribution in [2.45, 2.75) is 25.4 Å². The van der Waals surface area contributed by atoms with Crippen molar-refractivity contribution < 1.29 is 0 Å². The Labute approximate surface area is 86.8 Å². The number of rotatable bonds is 1. The molecule has 1 atom stereocenters. The highest BCUT2D eigenvalue weighted by atomic mass is 15.3. The Morgan fingerprint density at radius 3 is 2.79 bits per heavy atom. The van der Waals surface area contributed by atoms with Gasteiger partial charge < -0.3 is 10.2 Å². The lowest BCUT2D eigenvalue weighted by molar-refractivity contribution is 0.0967. The molecule has 0 spiro atoms.